The summed E-state index contributed by atoms with van der Waals surface area (Å²) in [6.07, 6.45) is 2.56. The van der Waals surface area contributed by atoms with Gasteiger partial charge in [-0.05, 0) is 44.6 Å². The SMILES string of the molecule is CC1CCc2c(sc(NC(=O)CSc3n[nH]c(N)n3)c2C(=O)OC(C)C)C1. The molecule has 8 nitrogen and oxygen atoms in total. The van der Waals surface area contributed by atoms with Gasteiger partial charge in [-0.15, -0.1) is 16.4 Å². The Kier molecular flexibility index (Phi) is 6.05. The second kappa shape index (κ2) is 8.30. The minimum Gasteiger partial charge on any atom is -0.459 e. The van der Waals surface area contributed by atoms with Crippen LogP contribution in [0, 0.1) is 5.92 Å². The lowest BCUT2D eigenvalue weighted by atomic mass is 9.88. The number of rotatable bonds is 6. The van der Waals surface area contributed by atoms with E-state index in [9.17, 15) is 9.59 Å². The number of amides is 1. The summed E-state index contributed by atoms with van der Waals surface area (Å²) in [4.78, 5) is 30.1. The number of esters is 1. The Morgan fingerprint density at radius 1 is 1.48 bits per heavy atom. The maximum atomic E-state index is 12.6. The maximum Gasteiger partial charge on any atom is 0.341 e. The smallest absolute Gasteiger partial charge is 0.341 e. The van der Waals surface area contributed by atoms with Gasteiger partial charge < -0.3 is 15.8 Å². The summed E-state index contributed by atoms with van der Waals surface area (Å²) in [6.45, 7) is 5.83. The zero-order chi connectivity index (χ0) is 19.6. The molecule has 0 aromatic carbocycles. The first-order chi connectivity index (χ1) is 12.8. The first-order valence-electron chi connectivity index (χ1n) is 8.79. The van der Waals surface area contributed by atoms with Gasteiger partial charge in [-0.25, -0.2) is 9.89 Å². The monoisotopic (exact) mass is 409 g/mol. The van der Waals surface area contributed by atoms with Crippen molar-refractivity contribution < 1.29 is 14.3 Å². The molecule has 0 saturated carbocycles. The third-order valence-electron chi connectivity index (χ3n) is 4.13. The number of nitrogens with two attached hydrogens (primary N) is 1. The van der Waals surface area contributed by atoms with E-state index in [0.29, 0.717) is 21.6 Å². The standard InChI is InChI=1S/C17H23N5O3S2/c1-8(2)25-15(24)13-10-5-4-9(3)6-11(10)27-14(13)19-12(23)7-26-17-20-16(18)21-22-17/h8-9H,4-7H2,1-3H3,(H,19,23)(H3,18,20,21,22). The lowest BCUT2D eigenvalue weighted by molar-refractivity contribution is -0.113. The van der Waals surface area contributed by atoms with Crippen LogP contribution in [0.4, 0.5) is 10.9 Å². The molecule has 0 fully saturated rings. The molecule has 0 bridgehead atoms. The third kappa shape index (κ3) is 4.81. The van der Waals surface area contributed by atoms with Gasteiger partial charge in [0.05, 0.1) is 17.4 Å². The number of carbonyl (C=O) groups is 2. The van der Waals surface area contributed by atoms with Crippen LogP contribution in [0.1, 0.15) is 48.0 Å². The van der Waals surface area contributed by atoms with Gasteiger partial charge in [0.1, 0.15) is 5.00 Å². The quantitative estimate of drug-likeness (QED) is 0.495. The highest BCUT2D eigenvalue weighted by Gasteiger charge is 2.29. The summed E-state index contributed by atoms with van der Waals surface area (Å²) >= 11 is 2.65. The average Bonchev–Trinajstić information content (AvgIpc) is 3.14. The molecule has 0 spiro atoms. The van der Waals surface area contributed by atoms with Crippen LogP contribution in [-0.4, -0.2) is 38.9 Å². The van der Waals surface area contributed by atoms with E-state index in [0.717, 1.165) is 29.7 Å². The van der Waals surface area contributed by atoms with Crippen molar-refractivity contribution in [3.8, 4) is 0 Å². The van der Waals surface area contributed by atoms with Crippen molar-refractivity contribution in [2.24, 2.45) is 5.92 Å². The minimum absolute atomic E-state index is 0.120. The minimum atomic E-state index is -0.373. The first-order valence-corrected chi connectivity index (χ1v) is 10.6. The zero-order valence-electron chi connectivity index (χ0n) is 15.5. The molecule has 2 aromatic rings. The Hall–Kier alpha value is -2.07. The van der Waals surface area contributed by atoms with Gasteiger partial charge in [-0.3, -0.25) is 4.79 Å². The van der Waals surface area contributed by atoms with E-state index in [1.54, 1.807) is 0 Å². The van der Waals surface area contributed by atoms with Gasteiger partial charge in [-0.2, -0.15) is 4.98 Å². The van der Waals surface area contributed by atoms with Crippen molar-refractivity contribution in [1.82, 2.24) is 15.2 Å². The Labute approximate surface area is 165 Å². The predicted octanol–water partition coefficient (Wildman–Crippen LogP) is 2.87. The van der Waals surface area contributed by atoms with Crippen molar-refractivity contribution >= 4 is 45.9 Å². The fraction of sp³-hybridized carbons (Fsp3) is 0.529. The van der Waals surface area contributed by atoms with Crippen LogP contribution in [0.15, 0.2) is 5.16 Å². The lowest BCUT2D eigenvalue weighted by Gasteiger charge is -2.18. The molecule has 1 aliphatic rings. The number of hydrogen-bond donors (Lipinski definition) is 3. The van der Waals surface area contributed by atoms with Crippen molar-refractivity contribution in [3.63, 3.8) is 0 Å². The number of ether oxygens (including phenoxy) is 1. The van der Waals surface area contributed by atoms with Crippen LogP contribution < -0.4 is 11.1 Å². The molecule has 10 heteroatoms. The topological polar surface area (TPSA) is 123 Å². The summed E-state index contributed by atoms with van der Waals surface area (Å²) in [5.41, 5.74) is 7.01. The van der Waals surface area contributed by atoms with Gasteiger partial charge in [0.25, 0.3) is 0 Å². The number of nitrogens with zero attached hydrogens (tertiary/aromatic N) is 2. The van der Waals surface area contributed by atoms with Crippen LogP contribution >= 0.6 is 23.1 Å². The van der Waals surface area contributed by atoms with Crippen LogP contribution in [-0.2, 0) is 22.4 Å². The fourth-order valence-corrected chi connectivity index (χ4v) is 4.96. The van der Waals surface area contributed by atoms with E-state index < -0.39 is 0 Å². The first kappa shape index (κ1) is 19.7. The molecule has 1 atom stereocenters. The molecule has 4 N–H and O–H groups in total. The Morgan fingerprint density at radius 2 is 2.26 bits per heavy atom. The number of thioether (sulfide) groups is 1. The number of nitrogen functional groups attached to an aromatic ring is 1. The highest BCUT2D eigenvalue weighted by Crippen LogP contribution is 2.40. The van der Waals surface area contributed by atoms with E-state index in [2.05, 4.69) is 27.4 Å². The maximum absolute atomic E-state index is 12.6. The molecule has 146 valence electrons. The van der Waals surface area contributed by atoms with Crippen LogP contribution in [0.3, 0.4) is 0 Å². The molecule has 0 saturated heterocycles. The van der Waals surface area contributed by atoms with Gasteiger partial charge >= 0.3 is 5.97 Å². The number of H-pyrrole nitrogens is 1. The van der Waals surface area contributed by atoms with Crippen LogP contribution in [0.25, 0.3) is 0 Å². The van der Waals surface area contributed by atoms with E-state index in [1.165, 1.54) is 23.1 Å². The van der Waals surface area contributed by atoms with E-state index >= 15 is 0 Å². The van der Waals surface area contributed by atoms with E-state index in [1.807, 2.05) is 13.8 Å². The highest BCUT2D eigenvalue weighted by molar-refractivity contribution is 7.99. The molecule has 2 heterocycles. The zero-order valence-corrected chi connectivity index (χ0v) is 17.1. The second-order valence-electron chi connectivity index (χ2n) is 6.85. The number of aromatic amines is 1. The Morgan fingerprint density at radius 3 is 2.93 bits per heavy atom. The largest absolute Gasteiger partial charge is 0.459 e. The molecule has 0 aliphatic heterocycles. The summed E-state index contributed by atoms with van der Waals surface area (Å²) in [7, 11) is 0. The number of thiophene rings is 1. The molecule has 1 unspecified atom stereocenters. The summed E-state index contributed by atoms with van der Waals surface area (Å²) in [6, 6.07) is 0. The second-order valence-corrected chi connectivity index (χ2v) is 8.90. The molecule has 3 rings (SSSR count). The summed E-state index contributed by atoms with van der Waals surface area (Å²) in [5, 5.41) is 10.3. The van der Waals surface area contributed by atoms with Gasteiger partial charge in [0.2, 0.25) is 17.0 Å². The number of hydrogen-bond acceptors (Lipinski definition) is 8. The van der Waals surface area contributed by atoms with E-state index in [4.69, 9.17) is 10.5 Å². The average molecular weight is 410 g/mol. The Balaban J connectivity index is 1.76. The number of anilines is 2. The number of aromatic nitrogens is 3. The molecule has 1 amide bonds. The Bertz CT molecular complexity index is 846. The van der Waals surface area contributed by atoms with Crippen molar-refractivity contribution in [2.45, 2.75) is 51.3 Å². The fourth-order valence-electron chi connectivity index (χ4n) is 2.94. The molecular formula is C17H23N5O3S2. The van der Waals surface area contributed by atoms with E-state index in [-0.39, 0.29) is 29.7 Å². The molecule has 27 heavy (non-hydrogen) atoms. The van der Waals surface area contributed by atoms with Gasteiger partial charge in [0, 0.05) is 4.88 Å². The number of nitrogens with one attached hydrogen (secondary N) is 2. The molecule has 1 aliphatic carbocycles. The van der Waals surface area contributed by atoms with Crippen LogP contribution in [0.2, 0.25) is 0 Å². The van der Waals surface area contributed by atoms with Crippen molar-refractivity contribution in [1.29, 1.82) is 0 Å². The van der Waals surface area contributed by atoms with Crippen molar-refractivity contribution in [3.05, 3.63) is 16.0 Å². The van der Waals surface area contributed by atoms with Gasteiger partial charge in [-0.1, -0.05) is 18.7 Å². The number of carbonyl (C=O) groups excluding carboxylic acids is 2. The molecule has 0 radical (unpaired) electrons. The van der Waals surface area contributed by atoms with Crippen LogP contribution in [0.5, 0.6) is 0 Å². The molecular weight excluding hydrogens is 386 g/mol. The normalized spacial score (nSPS) is 16.2. The summed E-state index contributed by atoms with van der Waals surface area (Å²) in [5.74, 6) is 0.294. The third-order valence-corrected chi connectivity index (χ3v) is 6.14. The number of fused-ring (bicyclic) bond motifs is 1. The predicted molar refractivity (Wildman–Crippen MR) is 106 cm³/mol. The van der Waals surface area contributed by atoms with Gasteiger partial charge in [0.15, 0.2) is 0 Å². The summed E-state index contributed by atoms with van der Waals surface area (Å²) < 4.78 is 5.42. The molecule has 2 aromatic heterocycles. The lowest BCUT2D eigenvalue weighted by Crippen LogP contribution is -2.19. The van der Waals surface area contributed by atoms with Crippen molar-refractivity contribution in [2.75, 3.05) is 16.8 Å². The highest BCUT2D eigenvalue weighted by atomic mass is 32.2.